The average molecular weight is 381 g/mol. The highest BCUT2D eigenvalue weighted by Gasteiger charge is 2.18. The van der Waals surface area contributed by atoms with Crippen LogP contribution in [0.5, 0.6) is 0 Å². The van der Waals surface area contributed by atoms with E-state index in [2.05, 4.69) is 111 Å². The summed E-state index contributed by atoms with van der Waals surface area (Å²) in [5.41, 5.74) is 7.88. The van der Waals surface area contributed by atoms with Crippen LogP contribution in [-0.4, -0.2) is 0 Å². The van der Waals surface area contributed by atoms with Crippen LogP contribution in [0.4, 0.5) is 0 Å². The number of hydrogen-bond donors (Lipinski definition) is 0. The van der Waals surface area contributed by atoms with Gasteiger partial charge in [0.05, 0.1) is 5.39 Å². The number of aromatic nitrogens is 1. The predicted molar refractivity (Wildman–Crippen MR) is 124 cm³/mol. The molecule has 4 aromatic rings. The van der Waals surface area contributed by atoms with Gasteiger partial charge < -0.3 is 0 Å². The second-order valence-corrected chi connectivity index (χ2v) is 8.03. The third-order valence-corrected chi connectivity index (χ3v) is 6.21. The molecule has 0 N–H and O–H groups in total. The molecule has 0 atom stereocenters. The summed E-state index contributed by atoms with van der Waals surface area (Å²) in [7, 11) is 2.15. The Balaban J connectivity index is 1.84. The summed E-state index contributed by atoms with van der Waals surface area (Å²) in [6.45, 7) is 6.79. The lowest BCUT2D eigenvalue weighted by Gasteiger charge is -2.15. The number of pyridine rings is 1. The zero-order valence-electron chi connectivity index (χ0n) is 17.9. The third kappa shape index (κ3) is 3.70. The number of rotatable bonds is 5. The maximum Gasteiger partial charge on any atom is 0.220 e. The SMILES string of the molecule is CCC(CC)c1ccc2c(-c3ccc(-c4ccccc4)cc3C)[n+](C)ccc2c1. The number of fused-ring (bicyclic) bond motifs is 1. The van der Waals surface area contributed by atoms with E-state index in [-0.39, 0.29) is 0 Å². The van der Waals surface area contributed by atoms with E-state index in [0.29, 0.717) is 5.92 Å². The lowest BCUT2D eigenvalue weighted by atomic mass is 9.90. The van der Waals surface area contributed by atoms with E-state index in [9.17, 15) is 0 Å². The molecular formula is C28H30N+. The monoisotopic (exact) mass is 380 g/mol. The molecular weight excluding hydrogens is 350 g/mol. The summed E-state index contributed by atoms with van der Waals surface area (Å²) in [4.78, 5) is 0. The van der Waals surface area contributed by atoms with E-state index in [1.165, 1.54) is 57.1 Å². The molecule has 0 saturated carbocycles. The molecule has 0 amide bonds. The average Bonchev–Trinajstić information content (AvgIpc) is 2.76. The first-order valence-electron chi connectivity index (χ1n) is 10.7. The van der Waals surface area contributed by atoms with Crippen molar-refractivity contribution in [1.82, 2.24) is 0 Å². The van der Waals surface area contributed by atoms with Crippen molar-refractivity contribution >= 4 is 10.8 Å². The molecule has 0 spiro atoms. The highest BCUT2D eigenvalue weighted by atomic mass is 14.9. The van der Waals surface area contributed by atoms with Gasteiger partial charge >= 0.3 is 0 Å². The molecule has 0 unspecified atom stereocenters. The molecule has 0 fully saturated rings. The van der Waals surface area contributed by atoms with Gasteiger partial charge in [-0.15, -0.1) is 0 Å². The Bertz CT molecular complexity index is 1140. The fraction of sp³-hybridized carbons (Fsp3) is 0.250. The molecule has 0 saturated heterocycles. The van der Waals surface area contributed by atoms with Gasteiger partial charge in [0.25, 0.3) is 0 Å². The van der Waals surface area contributed by atoms with E-state index in [4.69, 9.17) is 0 Å². The van der Waals surface area contributed by atoms with Crippen molar-refractivity contribution in [2.24, 2.45) is 7.05 Å². The Morgan fingerprint density at radius 1 is 0.793 bits per heavy atom. The van der Waals surface area contributed by atoms with Crippen LogP contribution in [0.3, 0.4) is 0 Å². The topological polar surface area (TPSA) is 3.88 Å². The first-order valence-corrected chi connectivity index (χ1v) is 10.7. The Labute approximate surface area is 174 Å². The quantitative estimate of drug-likeness (QED) is 0.322. The van der Waals surface area contributed by atoms with Crippen molar-refractivity contribution in [3.8, 4) is 22.4 Å². The van der Waals surface area contributed by atoms with Crippen molar-refractivity contribution in [3.63, 3.8) is 0 Å². The zero-order valence-corrected chi connectivity index (χ0v) is 17.9. The number of benzene rings is 3. The molecule has 1 heteroatoms. The van der Waals surface area contributed by atoms with Crippen molar-refractivity contribution in [2.75, 3.05) is 0 Å². The van der Waals surface area contributed by atoms with E-state index >= 15 is 0 Å². The molecule has 1 heterocycles. The van der Waals surface area contributed by atoms with Crippen molar-refractivity contribution in [1.29, 1.82) is 0 Å². The van der Waals surface area contributed by atoms with Gasteiger partial charge in [0.1, 0.15) is 7.05 Å². The van der Waals surface area contributed by atoms with Crippen LogP contribution in [0.25, 0.3) is 33.2 Å². The predicted octanol–water partition coefficient (Wildman–Crippen LogP) is 7.21. The van der Waals surface area contributed by atoms with Crippen LogP contribution < -0.4 is 4.57 Å². The number of aryl methyl sites for hydroxylation is 2. The normalized spacial score (nSPS) is 11.3. The van der Waals surface area contributed by atoms with Gasteiger partial charge in [0, 0.05) is 11.6 Å². The van der Waals surface area contributed by atoms with E-state index in [1.54, 1.807) is 0 Å². The summed E-state index contributed by atoms with van der Waals surface area (Å²) in [5, 5.41) is 2.65. The fourth-order valence-electron chi connectivity index (χ4n) is 4.48. The standard InChI is InChI=1S/C28H30N/c1-5-21(6-2)24-13-15-27-25(19-24)16-17-29(4)28(27)26-14-12-23(18-20(26)3)22-10-8-7-9-11-22/h7-19,21H,5-6H2,1-4H3/q+1. The molecule has 0 aliphatic rings. The number of nitrogens with zero attached hydrogens (tertiary/aromatic N) is 1. The minimum Gasteiger partial charge on any atom is -0.200 e. The fourth-order valence-corrected chi connectivity index (χ4v) is 4.48. The second-order valence-electron chi connectivity index (χ2n) is 8.03. The van der Waals surface area contributed by atoms with Crippen LogP contribution in [0, 0.1) is 6.92 Å². The summed E-state index contributed by atoms with van der Waals surface area (Å²) in [6.07, 6.45) is 4.57. The van der Waals surface area contributed by atoms with Crippen molar-refractivity contribution in [2.45, 2.75) is 39.5 Å². The summed E-state index contributed by atoms with van der Waals surface area (Å²) in [6, 6.07) is 26.7. The van der Waals surface area contributed by atoms with Gasteiger partial charge in [0.15, 0.2) is 6.20 Å². The maximum atomic E-state index is 2.39. The Morgan fingerprint density at radius 3 is 2.24 bits per heavy atom. The minimum absolute atomic E-state index is 0.642. The van der Waals surface area contributed by atoms with Crippen LogP contribution in [0.2, 0.25) is 0 Å². The summed E-state index contributed by atoms with van der Waals surface area (Å²) < 4.78 is 2.25. The van der Waals surface area contributed by atoms with E-state index in [0.717, 1.165) is 0 Å². The molecule has 0 aliphatic heterocycles. The van der Waals surface area contributed by atoms with Gasteiger partial charge in [-0.3, -0.25) is 0 Å². The lowest BCUT2D eigenvalue weighted by molar-refractivity contribution is -0.659. The van der Waals surface area contributed by atoms with Crippen LogP contribution >= 0.6 is 0 Å². The minimum atomic E-state index is 0.642. The first kappa shape index (κ1) is 19.4. The molecule has 3 aromatic carbocycles. The third-order valence-electron chi connectivity index (χ3n) is 6.21. The van der Waals surface area contributed by atoms with Crippen molar-refractivity contribution in [3.05, 3.63) is 90.1 Å². The maximum absolute atomic E-state index is 2.39. The smallest absolute Gasteiger partial charge is 0.200 e. The molecule has 1 aromatic heterocycles. The second kappa shape index (κ2) is 8.21. The zero-order chi connectivity index (χ0) is 20.4. The highest BCUT2D eigenvalue weighted by Crippen LogP contribution is 2.33. The Morgan fingerprint density at radius 2 is 1.55 bits per heavy atom. The molecule has 1 nitrogen and oxygen atoms in total. The van der Waals surface area contributed by atoms with E-state index < -0.39 is 0 Å². The molecule has 0 bridgehead atoms. The van der Waals surface area contributed by atoms with E-state index in [1.807, 2.05) is 0 Å². The summed E-state index contributed by atoms with van der Waals surface area (Å²) in [5.74, 6) is 0.642. The Kier molecular flexibility index (Phi) is 5.49. The highest BCUT2D eigenvalue weighted by molar-refractivity contribution is 5.94. The summed E-state index contributed by atoms with van der Waals surface area (Å²) >= 11 is 0. The molecule has 0 aliphatic carbocycles. The van der Waals surface area contributed by atoms with Gasteiger partial charge in [-0.05, 0) is 65.5 Å². The number of hydrogen-bond acceptors (Lipinski definition) is 0. The largest absolute Gasteiger partial charge is 0.220 e. The molecule has 0 radical (unpaired) electrons. The van der Waals surface area contributed by atoms with Gasteiger partial charge in [-0.1, -0.05) is 68.4 Å². The molecule has 4 rings (SSSR count). The van der Waals surface area contributed by atoms with Crippen LogP contribution in [0.15, 0.2) is 79.0 Å². The Hall–Kier alpha value is -2.93. The van der Waals surface area contributed by atoms with Gasteiger partial charge in [0.2, 0.25) is 5.69 Å². The molecule has 146 valence electrons. The first-order chi connectivity index (χ1) is 14.1. The van der Waals surface area contributed by atoms with Crippen LogP contribution in [0.1, 0.15) is 43.7 Å². The van der Waals surface area contributed by atoms with Gasteiger partial charge in [-0.25, -0.2) is 4.57 Å². The van der Waals surface area contributed by atoms with Crippen LogP contribution in [-0.2, 0) is 7.05 Å². The van der Waals surface area contributed by atoms with Gasteiger partial charge in [-0.2, -0.15) is 0 Å². The lowest BCUT2D eigenvalue weighted by Crippen LogP contribution is -2.30. The van der Waals surface area contributed by atoms with Crippen molar-refractivity contribution < 1.29 is 4.57 Å². The molecule has 29 heavy (non-hydrogen) atoms.